The van der Waals surface area contributed by atoms with Crippen molar-refractivity contribution >= 4 is 46.0 Å². The van der Waals surface area contributed by atoms with Crippen LogP contribution in [-0.4, -0.2) is 16.9 Å². The molecule has 0 aliphatic heterocycles. The molecule has 0 spiro atoms. The molecule has 9 heteroatoms. The van der Waals surface area contributed by atoms with E-state index in [0.29, 0.717) is 23.7 Å². The number of thiazole rings is 1. The van der Waals surface area contributed by atoms with Crippen molar-refractivity contribution in [3.05, 3.63) is 77.0 Å². The van der Waals surface area contributed by atoms with Crippen LogP contribution in [0.2, 0.25) is 0 Å². The molecule has 3 aromatic heterocycles. The van der Waals surface area contributed by atoms with Gasteiger partial charge in [-0.1, -0.05) is 6.07 Å². The molecule has 1 aromatic carbocycles. The van der Waals surface area contributed by atoms with E-state index >= 15 is 0 Å². The van der Waals surface area contributed by atoms with Crippen LogP contribution < -0.4 is 16.0 Å². The maximum absolute atomic E-state index is 12.3. The molecule has 4 aromatic rings. The minimum absolute atomic E-state index is 0.144. The third kappa shape index (κ3) is 5.34. The monoisotopic (exact) mass is 438 g/mol. The van der Waals surface area contributed by atoms with Crippen LogP contribution in [0.25, 0.3) is 9.88 Å². The molecule has 7 nitrogen and oxygen atoms in total. The Labute approximate surface area is 180 Å². The Balaban J connectivity index is 1.25. The zero-order valence-corrected chi connectivity index (χ0v) is 17.4. The van der Waals surface area contributed by atoms with E-state index in [1.165, 1.54) is 11.3 Å². The SMILES string of the molecule is O=C(Cc1csc(-c2cccs2)n1)Nc1ccc(NC(=O)NCc2ccco2)cc1. The normalized spacial score (nSPS) is 10.5. The number of anilines is 2. The van der Waals surface area contributed by atoms with E-state index in [2.05, 4.69) is 20.9 Å². The molecule has 0 unspecified atom stereocenters. The van der Waals surface area contributed by atoms with Gasteiger partial charge in [0.25, 0.3) is 0 Å². The summed E-state index contributed by atoms with van der Waals surface area (Å²) in [5.41, 5.74) is 2.01. The molecule has 3 amide bonds. The van der Waals surface area contributed by atoms with Gasteiger partial charge in [0.2, 0.25) is 5.91 Å². The molecule has 3 heterocycles. The van der Waals surface area contributed by atoms with Crippen LogP contribution in [0.5, 0.6) is 0 Å². The summed E-state index contributed by atoms with van der Waals surface area (Å²) in [4.78, 5) is 29.9. The molecule has 0 saturated heterocycles. The Hall–Kier alpha value is -3.43. The van der Waals surface area contributed by atoms with Crippen molar-refractivity contribution in [3.63, 3.8) is 0 Å². The average Bonchev–Trinajstić information content (AvgIpc) is 3.50. The average molecular weight is 439 g/mol. The zero-order valence-electron chi connectivity index (χ0n) is 15.8. The first-order valence-electron chi connectivity index (χ1n) is 9.11. The summed E-state index contributed by atoms with van der Waals surface area (Å²) in [7, 11) is 0. The third-order valence-corrected chi connectivity index (χ3v) is 5.99. The summed E-state index contributed by atoms with van der Waals surface area (Å²) in [6.45, 7) is 0.303. The highest BCUT2D eigenvalue weighted by Crippen LogP contribution is 2.28. The van der Waals surface area contributed by atoms with E-state index in [-0.39, 0.29) is 18.4 Å². The molecule has 0 bridgehead atoms. The molecule has 0 atom stereocenters. The second-order valence-corrected chi connectivity index (χ2v) is 8.12. The van der Waals surface area contributed by atoms with E-state index in [1.807, 2.05) is 22.9 Å². The molecular formula is C21H18N4O3S2. The van der Waals surface area contributed by atoms with Gasteiger partial charge in [-0.25, -0.2) is 9.78 Å². The molecular weight excluding hydrogens is 420 g/mol. The van der Waals surface area contributed by atoms with Crippen LogP contribution in [0.4, 0.5) is 16.2 Å². The molecule has 30 heavy (non-hydrogen) atoms. The van der Waals surface area contributed by atoms with Crippen LogP contribution in [0, 0.1) is 0 Å². The quantitative estimate of drug-likeness (QED) is 0.380. The van der Waals surface area contributed by atoms with Crippen molar-refractivity contribution in [1.82, 2.24) is 10.3 Å². The maximum atomic E-state index is 12.3. The Kier molecular flexibility index (Phi) is 6.21. The summed E-state index contributed by atoms with van der Waals surface area (Å²) in [6, 6.07) is 14.1. The predicted molar refractivity (Wildman–Crippen MR) is 119 cm³/mol. The van der Waals surface area contributed by atoms with Gasteiger partial charge in [0.15, 0.2) is 0 Å². The number of thiophene rings is 1. The van der Waals surface area contributed by atoms with Gasteiger partial charge in [0.05, 0.1) is 29.8 Å². The number of carbonyl (C=O) groups is 2. The van der Waals surface area contributed by atoms with E-state index in [4.69, 9.17) is 4.42 Å². The fourth-order valence-electron chi connectivity index (χ4n) is 2.66. The fraction of sp³-hybridized carbons (Fsp3) is 0.0952. The van der Waals surface area contributed by atoms with Crippen molar-refractivity contribution < 1.29 is 14.0 Å². The Bertz CT molecular complexity index is 1100. The maximum Gasteiger partial charge on any atom is 0.319 e. The summed E-state index contributed by atoms with van der Waals surface area (Å²) in [5, 5.41) is 13.1. The van der Waals surface area contributed by atoms with Gasteiger partial charge < -0.3 is 20.4 Å². The van der Waals surface area contributed by atoms with Crippen molar-refractivity contribution in [2.45, 2.75) is 13.0 Å². The molecule has 3 N–H and O–H groups in total. The standard InChI is InChI=1S/C21H18N4O3S2/c26-19(11-16-13-30-20(24-16)18-4-2-10-29-18)23-14-5-7-15(8-6-14)25-21(27)22-12-17-3-1-9-28-17/h1-10,13H,11-12H2,(H,23,26)(H2,22,25,27). The lowest BCUT2D eigenvalue weighted by molar-refractivity contribution is -0.115. The first-order valence-corrected chi connectivity index (χ1v) is 10.9. The van der Waals surface area contributed by atoms with Crippen molar-refractivity contribution in [3.8, 4) is 9.88 Å². The number of nitrogens with one attached hydrogen (secondary N) is 3. The third-order valence-electron chi connectivity index (χ3n) is 4.06. The van der Waals surface area contributed by atoms with Crippen LogP contribution in [0.3, 0.4) is 0 Å². The number of aromatic nitrogens is 1. The van der Waals surface area contributed by atoms with Gasteiger partial charge in [0.1, 0.15) is 10.8 Å². The number of rotatable bonds is 7. The number of hydrogen-bond donors (Lipinski definition) is 3. The zero-order chi connectivity index (χ0) is 20.8. The van der Waals surface area contributed by atoms with E-state index in [1.54, 1.807) is 54.0 Å². The summed E-state index contributed by atoms with van der Waals surface area (Å²) >= 11 is 3.16. The van der Waals surface area contributed by atoms with E-state index < -0.39 is 0 Å². The fourth-order valence-corrected chi connectivity index (χ4v) is 4.30. The van der Waals surface area contributed by atoms with Gasteiger partial charge in [-0.2, -0.15) is 0 Å². The van der Waals surface area contributed by atoms with Crippen LogP contribution in [-0.2, 0) is 17.8 Å². The number of hydrogen-bond acceptors (Lipinski definition) is 6. The lowest BCUT2D eigenvalue weighted by atomic mass is 10.2. The highest BCUT2D eigenvalue weighted by molar-refractivity contribution is 7.20. The number of benzene rings is 1. The Morgan fingerprint density at radius 3 is 2.47 bits per heavy atom. The number of urea groups is 1. The first-order chi connectivity index (χ1) is 14.7. The molecule has 0 fully saturated rings. The van der Waals surface area contributed by atoms with Gasteiger partial charge in [-0.05, 0) is 47.8 Å². The minimum atomic E-state index is -0.340. The molecule has 4 rings (SSSR count). The summed E-state index contributed by atoms with van der Waals surface area (Å²) < 4.78 is 5.16. The Morgan fingerprint density at radius 1 is 0.967 bits per heavy atom. The highest BCUT2D eigenvalue weighted by Gasteiger charge is 2.10. The minimum Gasteiger partial charge on any atom is -0.467 e. The van der Waals surface area contributed by atoms with Crippen molar-refractivity contribution in [1.29, 1.82) is 0 Å². The van der Waals surface area contributed by atoms with E-state index in [9.17, 15) is 9.59 Å². The topological polar surface area (TPSA) is 96.3 Å². The van der Waals surface area contributed by atoms with Gasteiger partial charge in [0, 0.05) is 16.8 Å². The van der Waals surface area contributed by atoms with Crippen LogP contribution >= 0.6 is 22.7 Å². The molecule has 0 saturated carbocycles. The molecule has 0 aliphatic rings. The number of amides is 3. The Morgan fingerprint density at radius 2 is 1.77 bits per heavy atom. The number of carbonyl (C=O) groups excluding carboxylic acids is 2. The number of nitrogens with zero attached hydrogens (tertiary/aromatic N) is 1. The predicted octanol–water partition coefficient (Wildman–Crippen LogP) is 4.97. The van der Waals surface area contributed by atoms with Crippen molar-refractivity contribution in [2.75, 3.05) is 10.6 Å². The largest absolute Gasteiger partial charge is 0.467 e. The molecule has 0 aliphatic carbocycles. The smallest absolute Gasteiger partial charge is 0.319 e. The van der Waals surface area contributed by atoms with Gasteiger partial charge >= 0.3 is 6.03 Å². The van der Waals surface area contributed by atoms with Gasteiger partial charge in [-0.15, -0.1) is 22.7 Å². The second kappa shape index (κ2) is 9.38. The number of furan rings is 1. The van der Waals surface area contributed by atoms with Gasteiger partial charge in [-0.3, -0.25) is 4.79 Å². The second-order valence-electron chi connectivity index (χ2n) is 6.31. The lowest BCUT2D eigenvalue weighted by Gasteiger charge is -2.08. The highest BCUT2D eigenvalue weighted by atomic mass is 32.1. The van der Waals surface area contributed by atoms with Crippen molar-refractivity contribution in [2.24, 2.45) is 0 Å². The van der Waals surface area contributed by atoms with Crippen LogP contribution in [0.15, 0.2) is 70.0 Å². The molecule has 0 radical (unpaired) electrons. The first kappa shape index (κ1) is 19.9. The lowest BCUT2D eigenvalue weighted by Crippen LogP contribution is -2.27. The summed E-state index contributed by atoms with van der Waals surface area (Å²) in [6.07, 6.45) is 1.76. The van der Waals surface area contributed by atoms with E-state index in [0.717, 1.165) is 15.6 Å². The summed E-state index contributed by atoms with van der Waals surface area (Å²) in [5.74, 6) is 0.528. The van der Waals surface area contributed by atoms with Crippen LogP contribution in [0.1, 0.15) is 11.5 Å². The molecule has 152 valence electrons.